The van der Waals surface area contributed by atoms with Crippen LogP contribution >= 0.6 is 11.6 Å². The SMILES string of the molecule is O[C@H]1COCC1N1CCN(c2cc3c(cnn3-c3cnn(C45CC(C4)C5)c3)cc2Cl)CC1. The van der Waals surface area contributed by atoms with Gasteiger partial charge in [-0.2, -0.15) is 10.2 Å². The Hall–Kier alpha value is -2.13. The van der Waals surface area contributed by atoms with Gasteiger partial charge in [0.1, 0.15) is 5.69 Å². The number of aliphatic hydroxyl groups excluding tert-OH is 1. The van der Waals surface area contributed by atoms with Crippen LogP contribution in [0.2, 0.25) is 5.02 Å². The normalized spacial score (nSPS) is 32.3. The monoisotopic (exact) mass is 454 g/mol. The highest BCUT2D eigenvalue weighted by atomic mass is 35.5. The number of benzene rings is 1. The van der Waals surface area contributed by atoms with Crippen molar-refractivity contribution in [2.45, 2.75) is 36.9 Å². The summed E-state index contributed by atoms with van der Waals surface area (Å²) in [6, 6.07) is 4.28. The predicted molar refractivity (Wildman–Crippen MR) is 122 cm³/mol. The summed E-state index contributed by atoms with van der Waals surface area (Å²) in [5.74, 6) is 0.919. The van der Waals surface area contributed by atoms with Crippen molar-refractivity contribution in [3.05, 3.63) is 35.7 Å². The van der Waals surface area contributed by atoms with E-state index in [1.54, 1.807) is 0 Å². The first-order chi connectivity index (χ1) is 15.6. The van der Waals surface area contributed by atoms with Crippen molar-refractivity contribution in [2.75, 3.05) is 44.3 Å². The number of rotatable bonds is 4. The lowest BCUT2D eigenvalue weighted by Gasteiger charge is -2.61. The number of halogens is 1. The molecular weight excluding hydrogens is 428 g/mol. The third kappa shape index (κ3) is 2.79. The topological polar surface area (TPSA) is 71.6 Å². The zero-order valence-corrected chi connectivity index (χ0v) is 18.7. The maximum Gasteiger partial charge on any atom is 0.103 e. The molecule has 4 heterocycles. The Morgan fingerprint density at radius 1 is 1.03 bits per heavy atom. The van der Waals surface area contributed by atoms with Crippen molar-refractivity contribution in [1.29, 1.82) is 0 Å². The molecule has 2 saturated heterocycles. The fraction of sp³-hybridized carbons (Fsp3) is 0.565. The molecule has 8 nitrogen and oxygen atoms in total. The molecule has 1 aromatic carbocycles. The van der Waals surface area contributed by atoms with Crippen LogP contribution in [0.1, 0.15) is 19.3 Å². The maximum atomic E-state index is 10.2. The van der Waals surface area contributed by atoms with E-state index in [1.165, 1.54) is 19.3 Å². The van der Waals surface area contributed by atoms with Gasteiger partial charge in [0.25, 0.3) is 0 Å². The average molecular weight is 455 g/mol. The van der Waals surface area contributed by atoms with Gasteiger partial charge in [-0.25, -0.2) is 4.68 Å². The van der Waals surface area contributed by atoms with E-state index in [1.807, 2.05) is 23.1 Å². The van der Waals surface area contributed by atoms with Crippen LogP contribution < -0.4 is 4.90 Å². The van der Waals surface area contributed by atoms with Crippen LogP contribution in [-0.2, 0) is 10.3 Å². The molecule has 1 unspecified atom stereocenters. The van der Waals surface area contributed by atoms with E-state index in [4.69, 9.17) is 16.3 Å². The number of anilines is 1. The quantitative estimate of drug-likeness (QED) is 0.652. The zero-order chi connectivity index (χ0) is 21.4. The van der Waals surface area contributed by atoms with Gasteiger partial charge in [-0.05, 0) is 37.3 Å². The lowest BCUT2D eigenvalue weighted by molar-refractivity contribution is -0.0977. The van der Waals surface area contributed by atoms with Gasteiger partial charge in [-0.1, -0.05) is 11.6 Å². The summed E-state index contributed by atoms with van der Waals surface area (Å²) in [4.78, 5) is 4.67. The summed E-state index contributed by atoms with van der Waals surface area (Å²) in [5.41, 5.74) is 3.36. The summed E-state index contributed by atoms with van der Waals surface area (Å²) in [6.45, 7) is 4.55. The number of nitrogens with zero attached hydrogens (tertiary/aromatic N) is 6. The number of ether oxygens (including phenoxy) is 1. The number of piperazine rings is 1. The van der Waals surface area contributed by atoms with Crippen LogP contribution in [0.25, 0.3) is 16.6 Å². The molecule has 5 fully saturated rings. The minimum Gasteiger partial charge on any atom is -0.389 e. The molecule has 32 heavy (non-hydrogen) atoms. The van der Waals surface area contributed by atoms with Crippen molar-refractivity contribution >= 4 is 28.2 Å². The molecule has 168 valence electrons. The third-order valence-electron chi connectivity index (χ3n) is 8.09. The molecule has 2 aromatic heterocycles. The molecule has 2 aliphatic heterocycles. The Kier molecular flexibility index (Phi) is 4.19. The number of aliphatic hydroxyl groups is 1. The van der Waals surface area contributed by atoms with Gasteiger partial charge in [0.2, 0.25) is 0 Å². The van der Waals surface area contributed by atoms with Crippen LogP contribution in [0.5, 0.6) is 0 Å². The van der Waals surface area contributed by atoms with Gasteiger partial charge < -0.3 is 14.7 Å². The van der Waals surface area contributed by atoms with E-state index in [0.29, 0.717) is 13.2 Å². The number of hydrogen-bond acceptors (Lipinski definition) is 6. The first-order valence-corrected chi connectivity index (χ1v) is 12.0. The van der Waals surface area contributed by atoms with E-state index in [0.717, 1.165) is 59.4 Å². The van der Waals surface area contributed by atoms with Crippen LogP contribution in [0.4, 0.5) is 5.69 Å². The maximum absolute atomic E-state index is 10.2. The van der Waals surface area contributed by atoms with Crippen molar-refractivity contribution in [3.63, 3.8) is 0 Å². The summed E-state index contributed by atoms with van der Waals surface area (Å²) in [7, 11) is 0. The molecule has 0 amide bonds. The smallest absolute Gasteiger partial charge is 0.103 e. The molecule has 3 aliphatic carbocycles. The van der Waals surface area contributed by atoms with Crippen molar-refractivity contribution in [3.8, 4) is 5.69 Å². The van der Waals surface area contributed by atoms with Crippen molar-refractivity contribution in [2.24, 2.45) is 5.92 Å². The molecule has 3 aromatic rings. The highest BCUT2D eigenvalue weighted by Gasteiger charge is 2.58. The van der Waals surface area contributed by atoms with Crippen LogP contribution in [-0.4, -0.2) is 81.1 Å². The molecule has 1 N–H and O–H groups in total. The van der Waals surface area contributed by atoms with E-state index in [9.17, 15) is 5.11 Å². The number of hydrogen-bond donors (Lipinski definition) is 1. The van der Waals surface area contributed by atoms with E-state index in [-0.39, 0.29) is 17.7 Å². The summed E-state index contributed by atoms with van der Waals surface area (Å²) >= 11 is 6.71. The van der Waals surface area contributed by atoms with Crippen molar-refractivity contribution in [1.82, 2.24) is 24.5 Å². The Morgan fingerprint density at radius 2 is 1.84 bits per heavy atom. The Balaban J connectivity index is 1.15. The zero-order valence-electron chi connectivity index (χ0n) is 17.9. The van der Waals surface area contributed by atoms with Gasteiger partial charge in [0, 0.05) is 31.6 Å². The first kappa shape index (κ1) is 19.3. The molecular formula is C23H27ClN6O2. The van der Waals surface area contributed by atoms with Crippen LogP contribution in [0.3, 0.4) is 0 Å². The molecule has 3 saturated carbocycles. The number of aromatic nitrogens is 4. The second-order valence-corrected chi connectivity index (χ2v) is 10.4. The fourth-order valence-electron chi connectivity index (χ4n) is 6.05. The minimum absolute atomic E-state index is 0.106. The van der Waals surface area contributed by atoms with Gasteiger partial charge >= 0.3 is 0 Å². The third-order valence-corrected chi connectivity index (χ3v) is 8.39. The average Bonchev–Trinajstić information content (AvgIpc) is 3.45. The summed E-state index contributed by atoms with van der Waals surface area (Å²) < 4.78 is 9.58. The van der Waals surface area contributed by atoms with Crippen LogP contribution in [0.15, 0.2) is 30.7 Å². The Labute approximate surface area is 191 Å². The van der Waals surface area contributed by atoms with Gasteiger partial charge in [-0.15, -0.1) is 0 Å². The molecule has 0 spiro atoms. The van der Waals surface area contributed by atoms with Gasteiger partial charge in [0.05, 0.1) is 65.7 Å². The van der Waals surface area contributed by atoms with Crippen LogP contribution in [0, 0.1) is 5.92 Å². The molecule has 2 atom stereocenters. The highest BCUT2D eigenvalue weighted by molar-refractivity contribution is 6.34. The lowest BCUT2D eigenvalue weighted by Crippen LogP contribution is -2.59. The van der Waals surface area contributed by atoms with Gasteiger partial charge in [-0.3, -0.25) is 9.58 Å². The number of fused-ring (bicyclic) bond motifs is 1. The minimum atomic E-state index is -0.387. The predicted octanol–water partition coefficient (Wildman–Crippen LogP) is 2.27. The summed E-state index contributed by atoms with van der Waals surface area (Å²) in [5, 5.41) is 21.3. The largest absolute Gasteiger partial charge is 0.389 e. The molecule has 2 bridgehead atoms. The molecule has 5 aliphatic rings. The second-order valence-electron chi connectivity index (χ2n) is 9.96. The molecule has 0 radical (unpaired) electrons. The molecule has 8 rings (SSSR count). The van der Waals surface area contributed by atoms with E-state index in [2.05, 4.69) is 36.9 Å². The van der Waals surface area contributed by atoms with Gasteiger partial charge in [0.15, 0.2) is 0 Å². The Morgan fingerprint density at radius 3 is 2.53 bits per heavy atom. The van der Waals surface area contributed by atoms with E-state index >= 15 is 0 Å². The fourth-order valence-corrected chi connectivity index (χ4v) is 6.35. The first-order valence-electron chi connectivity index (χ1n) is 11.6. The standard InChI is InChI=1S/C23H27ClN6O2/c24-18-5-16-10-26-30(17-11-25-29(12-17)23-7-15(8-23)9-23)19(16)6-20(18)27-1-3-28(4-2-27)21-13-32-14-22(21)31/h5-6,10-12,15,21-22,31H,1-4,7-9,13-14H2/t15?,21?,22-,23?/m0/s1. The lowest BCUT2D eigenvalue weighted by atomic mass is 9.50. The second kappa shape index (κ2) is 6.93. The highest BCUT2D eigenvalue weighted by Crippen LogP contribution is 2.62. The summed E-state index contributed by atoms with van der Waals surface area (Å²) in [6.07, 6.45) is 9.36. The molecule has 9 heteroatoms. The van der Waals surface area contributed by atoms with Crippen molar-refractivity contribution < 1.29 is 9.84 Å². The van der Waals surface area contributed by atoms with E-state index < -0.39 is 0 Å². The Bertz CT molecular complexity index is 1170.